The van der Waals surface area contributed by atoms with Crippen molar-refractivity contribution < 1.29 is 24.0 Å². The second kappa shape index (κ2) is 14.9. The number of hydrogen-bond acceptors (Lipinski definition) is 5. The smallest absolute Gasteiger partial charge is 0.268 e. The van der Waals surface area contributed by atoms with Crippen LogP contribution < -0.4 is 10.8 Å². The molecule has 184 valence electrons. The number of hydrogen-bond donors (Lipinski definition) is 2. The van der Waals surface area contributed by atoms with E-state index in [-0.39, 0.29) is 0 Å². The maximum Gasteiger partial charge on any atom is 0.268 e. The third-order valence-electron chi connectivity index (χ3n) is 4.21. The van der Waals surface area contributed by atoms with Crippen molar-refractivity contribution in [3.63, 3.8) is 0 Å². The molecule has 0 radical (unpaired) electrons. The van der Waals surface area contributed by atoms with Gasteiger partial charge in [0.05, 0.1) is 18.8 Å². The largest absolute Gasteiger partial charge is 0.370 e. The van der Waals surface area contributed by atoms with Gasteiger partial charge in [0.2, 0.25) is 0 Å². The Morgan fingerprint density at radius 2 is 1.69 bits per heavy atom. The topological polar surface area (TPSA) is 93.7 Å². The van der Waals surface area contributed by atoms with Crippen LogP contribution in [0.4, 0.5) is 0 Å². The lowest BCUT2D eigenvalue weighted by atomic mass is 10.1. The van der Waals surface area contributed by atoms with E-state index in [9.17, 15) is 14.4 Å². The second-order valence-corrected chi connectivity index (χ2v) is 9.44. The molecule has 0 saturated heterocycles. The molecule has 35 heavy (non-hydrogen) atoms. The molecule has 2 N–H and O–H groups in total. The van der Waals surface area contributed by atoms with Crippen molar-refractivity contribution >= 4 is 40.7 Å². The highest BCUT2D eigenvalue weighted by molar-refractivity contribution is 14.1. The van der Waals surface area contributed by atoms with Gasteiger partial charge in [-0.1, -0.05) is 18.1 Å². The number of nitrogens with one attached hydrogen (secondary N) is 2. The maximum atomic E-state index is 12.5. The lowest BCUT2D eigenvalue weighted by molar-refractivity contribution is -0.140. The lowest BCUT2D eigenvalue weighted by Crippen LogP contribution is -2.54. The highest BCUT2D eigenvalue weighted by Gasteiger charge is 2.31. The van der Waals surface area contributed by atoms with E-state index in [1.165, 1.54) is 7.11 Å². The van der Waals surface area contributed by atoms with Gasteiger partial charge in [-0.15, -0.1) is 6.42 Å². The first-order valence-corrected chi connectivity index (χ1v) is 11.7. The molecule has 0 aliphatic carbocycles. The average molecular weight is 588 g/mol. The van der Waals surface area contributed by atoms with Gasteiger partial charge in [0.1, 0.15) is 12.3 Å². The molecule has 0 bridgehead atoms. The standard InChI is InChI=1S/C20H24N2O4.C7H5IO/c1-7-8-9-15-10-12-16(13-11-15)18(23)21-17(19(24)22-25-6)14(2)26-20(3,4)5;8-7-3-1-6(5-9)2-4-7/h1,10-14,17H,2-6H3,(H,21,23)(H,22,24);1-5H/t14-,17?;/m1./s1. The first-order valence-electron chi connectivity index (χ1n) is 10.6. The predicted molar refractivity (Wildman–Crippen MR) is 143 cm³/mol. The fraction of sp³-hybridized carbons (Fsp3) is 0.296. The fourth-order valence-electron chi connectivity index (χ4n) is 2.76. The van der Waals surface area contributed by atoms with E-state index in [4.69, 9.17) is 11.2 Å². The number of aldehydes is 1. The number of carbonyl (C=O) groups excluding carboxylic acids is 3. The van der Waals surface area contributed by atoms with Crippen LogP contribution in [0.15, 0.2) is 48.5 Å². The van der Waals surface area contributed by atoms with Crippen LogP contribution in [-0.2, 0) is 14.4 Å². The normalized spacial score (nSPS) is 11.8. The van der Waals surface area contributed by atoms with Crippen LogP contribution in [0.1, 0.15) is 54.0 Å². The molecule has 0 aliphatic heterocycles. The third kappa shape index (κ3) is 11.7. The molecular formula is C27H29IN2O5. The molecule has 0 saturated carbocycles. The SMILES string of the molecule is C#CC#Cc1ccc(C(=O)NC(C(=O)NOC)[C@@H](C)OC(C)(C)C)cc1.O=Cc1ccc(I)cc1. The second-order valence-electron chi connectivity index (χ2n) is 8.20. The first kappa shape index (κ1) is 29.9. The summed E-state index contributed by atoms with van der Waals surface area (Å²) >= 11 is 2.20. The minimum absolute atomic E-state index is 0.384. The summed E-state index contributed by atoms with van der Waals surface area (Å²) in [5, 5.41) is 2.68. The Hall–Kier alpha value is -3.18. The van der Waals surface area contributed by atoms with Crippen molar-refractivity contribution in [1.29, 1.82) is 0 Å². The van der Waals surface area contributed by atoms with Crippen molar-refractivity contribution in [2.45, 2.75) is 45.4 Å². The van der Waals surface area contributed by atoms with Gasteiger partial charge in [-0.05, 0) is 98.5 Å². The zero-order chi connectivity index (χ0) is 26.4. The van der Waals surface area contributed by atoms with Crippen molar-refractivity contribution in [3.8, 4) is 24.2 Å². The molecule has 2 atom stereocenters. The van der Waals surface area contributed by atoms with E-state index in [0.717, 1.165) is 15.4 Å². The van der Waals surface area contributed by atoms with E-state index in [1.54, 1.807) is 43.3 Å². The summed E-state index contributed by atoms with van der Waals surface area (Å²) in [6.45, 7) is 7.32. The summed E-state index contributed by atoms with van der Waals surface area (Å²) in [7, 11) is 1.32. The zero-order valence-electron chi connectivity index (χ0n) is 20.3. The summed E-state index contributed by atoms with van der Waals surface area (Å²) in [5.74, 6) is 6.57. The van der Waals surface area contributed by atoms with Crippen LogP contribution in [-0.4, -0.2) is 43.0 Å². The van der Waals surface area contributed by atoms with E-state index < -0.39 is 29.6 Å². The quantitative estimate of drug-likeness (QED) is 0.223. The summed E-state index contributed by atoms with van der Waals surface area (Å²) in [6.07, 6.45) is 5.36. The summed E-state index contributed by atoms with van der Waals surface area (Å²) < 4.78 is 6.95. The van der Waals surface area contributed by atoms with Gasteiger partial charge in [-0.2, -0.15) is 0 Å². The molecule has 7 nitrogen and oxygen atoms in total. The average Bonchev–Trinajstić information content (AvgIpc) is 2.81. The molecular weight excluding hydrogens is 559 g/mol. The Morgan fingerprint density at radius 3 is 2.17 bits per heavy atom. The Balaban J connectivity index is 0.000000566. The zero-order valence-corrected chi connectivity index (χ0v) is 22.5. The van der Waals surface area contributed by atoms with Crippen molar-refractivity contribution in [1.82, 2.24) is 10.8 Å². The monoisotopic (exact) mass is 588 g/mol. The Morgan fingerprint density at radius 1 is 1.09 bits per heavy atom. The number of amides is 2. The van der Waals surface area contributed by atoms with Crippen LogP contribution in [0.5, 0.6) is 0 Å². The van der Waals surface area contributed by atoms with Crippen molar-refractivity contribution in [3.05, 3.63) is 68.8 Å². The molecule has 0 heterocycles. The number of benzene rings is 2. The van der Waals surface area contributed by atoms with Gasteiger partial charge in [0, 0.05) is 20.3 Å². The molecule has 0 spiro atoms. The fourth-order valence-corrected chi connectivity index (χ4v) is 3.12. The summed E-state index contributed by atoms with van der Waals surface area (Å²) in [4.78, 5) is 39.5. The van der Waals surface area contributed by atoms with Crippen LogP contribution in [0.25, 0.3) is 0 Å². The van der Waals surface area contributed by atoms with E-state index in [1.807, 2.05) is 32.9 Å². The number of terminal acetylenes is 1. The molecule has 0 aromatic heterocycles. The van der Waals surface area contributed by atoms with Crippen molar-refractivity contribution in [2.75, 3.05) is 7.11 Å². The molecule has 2 rings (SSSR count). The Bertz CT molecular complexity index is 1090. The third-order valence-corrected chi connectivity index (χ3v) is 4.93. The molecule has 2 aromatic carbocycles. The van der Waals surface area contributed by atoms with Crippen molar-refractivity contribution in [2.24, 2.45) is 0 Å². The minimum atomic E-state index is -0.928. The van der Waals surface area contributed by atoms with Gasteiger partial charge in [0.15, 0.2) is 0 Å². The van der Waals surface area contributed by atoms with Gasteiger partial charge >= 0.3 is 0 Å². The van der Waals surface area contributed by atoms with E-state index in [0.29, 0.717) is 11.1 Å². The summed E-state index contributed by atoms with van der Waals surface area (Å²) in [6, 6.07) is 13.1. The molecule has 0 fully saturated rings. The Kier molecular flexibility index (Phi) is 12.7. The van der Waals surface area contributed by atoms with Crippen LogP contribution in [0, 0.1) is 27.8 Å². The van der Waals surface area contributed by atoms with Gasteiger partial charge in [0.25, 0.3) is 11.8 Å². The molecule has 8 heteroatoms. The highest BCUT2D eigenvalue weighted by Crippen LogP contribution is 2.14. The number of hydroxylamine groups is 1. The molecule has 2 amide bonds. The number of rotatable bonds is 7. The van der Waals surface area contributed by atoms with E-state index in [2.05, 4.69) is 56.0 Å². The predicted octanol–water partition coefficient (Wildman–Crippen LogP) is 3.75. The number of halogens is 1. The van der Waals surface area contributed by atoms with Crippen LogP contribution in [0.2, 0.25) is 0 Å². The minimum Gasteiger partial charge on any atom is -0.370 e. The van der Waals surface area contributed by atoms with E-state index >= 15 is 0 Å². The highest BCUT2D eigenvalue weighted by atomic mass is 127. The maximum absolute atomic E-state index is 12.5. The lowest BCUT2D eigenvalue weighted by Gasteiger charge is -2.30. The molecule has 2 aromatic rings. The summed E-state index contributed by atoms with van der Waals surface area (Å²) in [5.41, 5.74) is 3.56. The van der Waals surface area contributed by atoms with Crippen LogP contribution in [0.3, 0.4) is 0 Å². The molecule has 0 aliphatic rings. The Labute approximate surface area is 220 Å². The van der Waals surface area contributed by atoms with Gasteiger partial charge in [-0.25, -0.2) is 5.48 Å². The van der Waals surface area contributed by atoms with Gasteiger partial charge < -0.3 is 10.1 Å². The first-order chi connectivity index (χ1) is 16.5. The van der Waals surface area contributed by atoms with Gasteiger partial charge in [-0.3, -0.25) is 19.2 Å². The number of carbonyl (C=O) groups is 3. The number of ether oxygens (including phenoxy) is 1. The molecule has 1 unspecified atom stereocenters. The van der Waals surface area contributed by atoms with Crippen LogP contribution >= 0.6 is 22.6 Å².